The molecule has 0 aliphatic rings. The summed E-state index contributed by atoms with van der Waals surface area (Å²) in [7, 11) is 0. The van der Waals surface area contributed by atoms with Crippen molar-refractivity contribution in [3.05, 3.63) is 36.5 Å². The van der Waals surface area contributed by atoms with Gasteiger partial charge in [-0.15, -0.1) is 0 Å². The Balaban J connectivity index is 0. The molecular weight excluding hydrogens is 146 g/mol. The lowest BCUT2D eigenvalue weighted by Gasteiger charge is -1.89. The quantitative estimate of drug-likeness (QED) is 0.537. The molecule has 2 heteroatoms. The van der Waals surface area contributed by atoms with E-state index < -0.39 is 11.7 Å². The van der Waals surface area contributed by atoms with Crippen molar-refractivity contribution in [3.63, 3.8) is 0 Å². The molecule has 0 heterocycles. The molecule has 0 atom stereocenters. The highest BCUT2D eigenvalue weighted by atomic mass is 19.1. The van der Waals surface area contributed by atoms with Gasteiger partial charge in [0.25, 0.3) is 0 Å². The van der Waals surface area contributed by atoms with E-state index in [1.807, 2.05) is 13.8 Å². The number of allylic oxidation sites excluding steroid dienone is 4. The van der Waals surface area contributed by atoms with Crippen LogP contribution in [0, 0.1) is 0 Å². The number of halogens is 2. The molecule has 64 valence electrons. The fourth-order valence-electron chi connectivity index (χ4n) is 0.261. The van der Waals surface area contributed by atoms with Crippen LogP contribution in [0.15, 0.2) is 36.5 Å². The molecule has 0 spiro atoms. The molecule has 0 aromatic carbocycles. The van der Waals surface area contributed by atoms with Crippen molar-refractivity contribution in [3.8, 4) is 0 Å². The van der Waals surface area contributed by atoms with Crippen molar-refractivity contribution in [1.29, 1.82) is 0 Å². The molecular formula is C9H14F2. The molecule has 0 radical (unpaired) electrons. The predicted octanol–water partition coefficient (Wildman–Crippen LogP) is 3.93. The lowest BCUT2D eigenvalue weighted by molar-refractivity contribution is 0.624. The van der Waals surface area contributed by atoms with Crippen molar-refractivity contribution in [1.82, 2.24) is 0 Å². The van der Waals surface area contributed by atoms with Crippen LogP contribution in [0.25, 0.3) is 0 Å². The standard InChI is InChI=1S/C7H8F2.C2H6/c1-5(2)7(9)4-6(3)8;1-2/h4H,1,3H2,2H3;1-2H3/b7-4+;. The van der Waals surface area contributed by atoms with Crippen LogP contribution in [0.5, 0.6) is 0 Å². The van der Waals surface area contributed by atoms with Gasteiger partial charge in [-0.05, 0) is 12.5 Å². The Morgan fingerprint density at radius 3 is 1.64 bits per heavy atom. The Morgan fingerprint density at radius 2 is 1.55 bits per heavy atom. The minimum absolute atomic E-state index is 0.203. The van der Waals surface area contributed by atoms with Crippen LogP contribution in [-0.4, -0.2) is 0 Å². The summed E-state index contributed by atoms with van der Waals surface area (Å²) in [5.74, 6) is -1.46. The maximum absolute atomic E-state index is 12.2. The van der Waals surface area contributed by atoms with Crippen molar-refractivity contribution in [2.45, 2.75) is 20.8 Å². The van der Waals surface area contributed by atoms with E-state index in [4.69, 9.17) is 0 Å². The van der Waals surface area contributed by atoms with Crippen molar-refractivity contribution in [2.75, 3.05) is 0 Å². The Morgan fingerprint density at radius 1 is 1.18 bits per heavy atom. The van der Waals surface area contributed by atoms with Crippen LogP contribution in [0.4, 0.5) is 8.78 Å². The molecule has 0 amide bonds. The monoisotopic (exact) mass is 160 g/mol. The Bertz CT molecular complexity index is 166. The minimum Gasteiger partial charge on any atom is -0.208 e. The van der Waals surface area contributed by atoms with Gasteiger partial charge >= 0.3 is 0 Å². The third-order valence-corrected chi connectivity index (χ3v) is 0.691. The summed E-state index contributed by atoms with van der Waals surface area (Å²) in [6.07, 6.45) is 0.697. The average Bonchev–Trinajstić information content (AvgIpc) is 1.90. The summed E-state index contributed by atoms with van der Waals surface area (Å²) in [6, 6.07) is 0. The van der Waals surface area contributed by atoms with Crippen molar-refractivity contribution in [2.24, 2.45) is 0 Å². The fourth-order valence-corrected chi connectivity index (χ4v) is 0.261. The van der Waals surface area contributed by atoms with E-state index >= 15 is 0 Å². The molecule has 0 aromatic heterocycles. The van der Waals surface area contributed by atoms with Crippen LogP contribution < -0.4 is 0 Å². The molecule has 0 aliphatic heterocycles. The molecule has 0 rings (SSSR count). The van der Waals surface area contributed by atoms with E-state index in [1.165, 1.54) is 6.92 Å². The van der Waals surface area contributed by atoms with Gasteiger partial charge in [0.1, 0.15) is 11.7 Å². The van der Waals surface area contributed by atoms with Gasteiger partial charge in [0.05, 0.1) is 0 Å². The molecule has 0 saturated heterocycles. The number of hydrogen-bond donors (Lipinski definition) is 0. The summed E-state index contributed by atoms with van der Waals surface area (Å²) < 4.78 is 24.0. The lowest BCUT2D eigenvalue weighted by atomic mass is 10.3. The molecule has 0 unspecified atom stereocenters. The number of rotatable bonds is 2. The van der Waals surface area contributed by atoms with Gasteiger partial charge in [0, 0.05) is 6.08 Å². The molecule has 0 aromatic rings. The second-order valence-electron chi connectivity index (χ2n) is 1.72. The van der Waals surface area contributed by atoms with Gasteiger partial charge in [-0.3, -0.25) is 0 Å². The first kappa shape index (κ1) is 12.7. The highest BCUT2D eigenvalue weighted by Crippen LogP contribution is 2.10. The zero-order chi connectivity index (χ0) is 9.44. The first-order valence-electron chi connectivity index (χ1n) is 3.41. The van der Waals surface area contributed by atoms with Crippen molar-refractivity contribution >= 4 is 0 Å². The first-order valence-corrected chi connectivity index (χ1v) is 3.41. The zero-order valence-electron chi connectivity index (χ0n) is 7.25. The smallest absolute Gasteiger partial charge is 0.128 e. The van der Waals surface area contributed by atoms with Crippen molar-refractivity contribution < 1.29 is 8.78 Å². The molecule has 0 fully saturated rings. The lowest BCUT2D eigenvalue weighted by Crippen LogP contribution is -1.73. The molecule has 0 bridgehead atoms. The summed E-state index contributed by atoms with van der Waals surface area (Å²) in [5.41, 5.74) is 0.203. The van der Waals surface area contributed by atoms with Gasteiger partial charge in [-0.2, -0.15) is 0 Å². The highest BCUT2D eigenvalue weighted by Gasteiger charge is 1.93. The molecule has 0 aliphatic carbocycles. The van der Waals surface area contributed by atoms with Gasteiger partial charge in [-0.25, -0.2) is 8.78 Å². The van der Waals surface area contributed by atoms with Gasteiger partial charge in [-0.1, -0.05) is 27.0 Å². The molecule has 11 heavy (non-hydrogen) atoms. The number of hydrogen-bond acceptors (Lipinski definition) is 0. The second-order valence-corrected chi connectivity index (χ2v) is 1.72. The van der Waals surface area contributed by atoms with E-state index in [0.717, 1.165) is 0 Å². The Labute approximate surface area is 66.9 Å². The van der Waals surface area contributed by atoms with Crippen LogP contribution in [0.2, 0.25) is 0 Å². The van der Waals surface area contributed by atoms with E-state index in [9.17, 15) is 8.78 Å². The highest BCUT2D eigenvalue weighted by molar-refractivity contribution is 5.25. The topological polar surface area (TPSA) is 0 Å². The van der Waals surface area contributed by atoms with Crippen LogP contribution in [0.3, 0.4) is 0 Å². The van der Waals surface area contributed by atoms with E-state index in [2.05, 4.69) is 13.2 Å². The first-order chi connectivity index (χ1) is 5.04. The fraction of sp³-hybridized carbons (Fsp3) is 0.333. The third-order valence-electron chi connectivity index (χ3n) is 0.691. The Kier molecular flexibility index (Phi) is 8.32. The summed E-state index contributed by atoms with van der Waals surface area (Å²) >= 11 is 0. The maximum Gasteiger partial charge on any atom is 0.128 e. The van der Waals surface area contributed by atoms with Crippen LogP contribution in [-0.2, 0) is 0 Å². The zero-order valence-corrected chi connectivity index (χ0v) is 7.25. The average molecular weight is 160 g/mol. The van der Waals surface area contributed by atoms with Gasteiger partial charge in [0.2, 0.25) is 0 Å². The van der Waals surface area contributed by atoms with Crippen LogP contribution >= 0.6 is 0 Å². The Hall–Kier alpha value is -0.920. The summed E-state index contributed by atoms with van der Waals surface area (Å²) in [5, 5.41) is 0. The third kappa shape index (κ3) is 9.08. The summed E-state index contributed by atoms with van der Waals surface area (Å²) in [4.78, 5) is 0. The summed E-state index contributed by atoms with van der Waals surface area (Å²) in [6.45, 7) is 11.6. The van der Waals surface area contributed by atoms with E-state index in [-0.39, 0.29) is 5.57 Å². The SMILES string of the molecule is C=C(F)/C=C(/F)C(=C)C.CC. The van der Waals surface area contributed by atoms with Gasteiger partial charge in [0.15, 0.2) is 0 Å². The van der Waals surface area contributed by atoms with E-state index in [0.29, 0.717) is 6.08 Å². The normalized spacial score (nSPS) is 9.73. The molecule has 0 N–H and O–H groups in total. The molecule has 0 saturated carbocycles. The minimum atomic E-state index is -0.796. The largest absolute Gasteiger partial charge is 0.208 e. The van der Waals surface area contributed by atoms with Crippen LogP contribution in [0.1, 0.15) is 20.8 Å². The molecule has 0 nitrogen and oxygen atoms in total. The van der Waals surface area contributed by atoms with E-state index in [1.54, 1.807) is 0 Å². The second kappa shape index (κ2) is 7.19. The van der Waals surface area contributed by atoms with Gasteiger partial charge < -0.3 is 0 Å². The predicted molar refractivity (Wildman–Crippen MR) is 45.6 cm³/mol. The maximum atomic E-state index is 12.2.